The summed E-state index contributed by atoms with van der Waals surface area (Å²) in [5, 5.41) is 3.95. The van der Waals surface area contributed by atoms with Gasteiger partial charge < -0.3 is 4.74 Å². The number of hydrogen-bond acceptors (Lipinski definition) is 2. The summed E-state index contributed by atoms with van der Waals surface area (Å²) >= 11 is 1.91. The van der Waals surface area contributed by atoms with E-state index < -0.39 is 0 Å². The van der Waals surface area contributed by atoms with Crippen molar-refractivity contribution in [2.45, 2.75) is 38.0 Å². The average Bonchev–Trinajstić information content (AvgIpc) is 2.89. The average molecular weight is 298 g/mol. The van der Waals surface area contributed by atoms with Crippen molar-refractivity contribution in [1.82, 2.24) is 0 Å². The van der Waals surface area contributed by atoms with E-state index in [-0.39, 0.29) is 0 Å². The van der Waals surface area contributed by atoms with E-state index in [0.717, 1.165) is 35.3 Å². The van der Waals surface area contributed by atoms with E-state index >= 15 is 0 Å². The SMILES string of the molecule is COc1ccc2c(C3C4CC5CC(C4)CC3C5)csc2c1. The maximum Gasteiger partial charge on any atom is 0.120 e. The number of benzene rings is 1. The summed E-state index contributed by atoms with van der Waals surface area (Å²) in [4.78, 5) is 0. The fourth-order valence-electron chi connectivity index (χ4n) is 5.85. The topological polar surface area (TPSA) is 9.23 Å². The first-order valence-corrected chi connectivity index (χ1v) is 9.25. The lowest BCUT2D eigenvalue weighted by Crippen LogP contribution is -2.43. The first-order chi connectivity index (χ1) is 10.3. The minimum absolute atomic E-state index is 0.847. The van der Waals surface area contributed by atoms with Gasteiger partial charge in [0.15, 0.2) is 0 Å². The van der Waals surface area contributed by atoms with Crippen molar-refractivity contribution in [2.24, 2.45) is 23.7 Å². The van der Waals surface area contributed by atoms with Crippen molar-refractivity contribution >= 4 is 21.4 Å². The number of fused-ring (bicyclic) bond motifs is 1. The molecule has 0 aliphatic heterocycles. The molecule has 1 aromatic heterocycles. The predicted octanol–water partition coefficient (Wildman–Crippen LogP) is 5.45. The van der Waals surface area contributed by atoms with Crippen molar-refractivity contribution in [3.8, 4) is 5.75 Å². The number of ether oxygens (including phenoxy) is 1. The monoisotopic (exact) mass is 298 g/mol. The van der Waals surface area contributed by atoms with Crippen LogP contribution in [-0.2, 0) is 0 Å². The van der Waals surface area contributed by atoms with Gasteiger partial charge in [0, 0.05) is 4.70 Å². The molecule has 4 aliphatic carbocycles. The van der Waals surface area contributed by atoms with Crippen molar-refractivity contribution in [1.29, 1.82) is 0 Å². The summed E-state index contributed by atoms with van der Waals surface area (Å²) in [6.07, 6.45) is 7.56. The molecule has 0 saturated heterocycles. The summed E-state index contributed by atoms with van der Waals surface area (Å²) < 4.78 is 6.78. The highest BCUT2D eigenvalue weighted by Gasteiger charge is 2.48. The largest absolute Gasteiger partial charge is 0.497 e. The van der Waals surface area contributed by atoms with Crippen molar-refractivity contribution in [2.75, 3.05) is 7.11 Å². The fraction of sp³-hybridized carbons (Fsp3) is 0.579. The Labute approximate surface area is 130 Å². The molecule has 4 bridgehead atoms. The Morgan fingerprint density at radius 1 is 1.00 bits per heavy atom. The summed E-state index contributed by atoms with van der Waals surface area (Å²) in [7, 11) is 1.76. The molecule has 2 heteroatoms. The van der Waals surface area contributed by atoms with Crippen LogP contribution in [0.25, 0.3) is 10.1 Å². The Morgan fingerprint density at radius 2 is 1.71 bits per heavy atom. The summed E-state index contributed by atoms with van der Waals surface area (Å²) in [5.41, 5.74) is 1.66. The van der Waals surface area contributed by atoms with E-state index in [4.69, 9.17) is 4.74 Å². The molecule has 4 saturated carbocycles. The van der Waals surface area contributed by atoms with E-state index in [9.17, 15) is 0 Å². The zero-order valence-corrected chi connectivity index (χ0v) is 13.4. The quantitative estimate of drug-likeness (QED) is 0.716. The molecule has 21 heavy (non-hydrogen) atoms. The fourth-order valence-corrected chi connectivity index (χ4v) is 6.88. The van der Waals surface area contributed by atoms with E-state index in [1.54, 1.807) is 19.1 Å². The van der Waals surface area contributed by atoms with Gasteiger partial charge >= 0.3 is 0 Å². The van der Waals surface area contributed by atoms with E-state index in [1.165, 1.54) is 35.8 Å². The van der Waals surface area contributed by atoms with Crippen LogP contribution >= 0.6 is 11.3 Å². The minimum Gasteiger partial charge on any atom is -0.497 e. The van der Waals surface area contributed by atoms with Crippen LogP contribution in [-0.4, -0.2) is 7.11 Å². The molecule has 1 aromatic carbocycles. The van der Waals surface area contributed by atoms with E-state index in [0.29, 0.717) is 0 Å². The van der Waals surface area contributed by atoms with Gasteiger partial charge in [-0.05, 0) is 96.2 Å². The van der Waals surface area contributed by atoms with Gasteiger partial charge in [-0.1, -0.05) is 0 Å². The molecule has 110 valence electrons. The third kappa shape index (κ3) is 1.81. The second-order valence-electron chi connectivity index (χ2n) is 7.51. The molecule has 6 rings (SSSR count). The van der Waals surface area contributed by atoms with Crippen LogP contribution in [0.2, 0.25) is 0 Å². The highest BCUT2D eigenvalue weighted by Crippen LogP contribution is 2.60. The van der Waals surface area contributed by atoms with Gasteiger partial charge in [-0.2, -0.15) is 0 Å². The number of hydrogen-bond donors (Lipinski definition) is 0. The van der Waals surface area contributed by atoms with Crippen LogP contribution in [0.15, 0.2) is 23.6 Å². The highest BCUT2D eigenvalue weighted by atomic mass is 32.1. The van der Waals surface area contributed by atoms with E-state index in [2.05, 4.69) is 23.6 Å². The Kier molecular flexibility index (Phi) is 2.67. The third-order valence-corrected chi connectivity index (χ3v) is 7.36. The second-order valence-corrected chi connectivity index (χ2v) is 8.42. The second kappa shape index (κ2) is 4.49. The lowest BCUT2D eigenvalue weighted by molar-refractivity contribution is -0.00219. The van der Waals surface area contributed by atoms with E-state index in [1.807, 2.05) is 11.3 Å². The molecule has 0 N–H and O–H groups in total. The molecular formula is C19H22OS. The maximum atomic E-state index is 5.38. The van der Waals surface area contributed by atoms with Gasteiger partial charge in [0.2, 0.25) is 0 Å². The zero-order chi connectivity index (χ0) is 14.0. The molecule has 0 amide bonds. The summed E-state index contributed by atoms with van der Waals surface area (Å²) in [6, 6.07) is 6.64. The van der Waals surface area contributed by atoms with Crippen molar-refractivity contribution in [3.05, 3.63) is 29.1 Å². The van der Waals surface area contributed by atoms with Crippen LogP contribution in [0.1, 0.15) is 43.6 Å². The van der Waals surface area contributed by atoms with Gasteiger partial charge in [0.25, 0.3) is 0 Å². The van der Waals surface area contributed by atoms with Crippen LogP contribution in [0, 0.1) is 23.7 Å². The maximum absolute atomic E-state index is 5.38. The molecule has 0 unspecified atom stereocenters. The zero-order valence-electron chi connectivity index (χ0n) is 12.5. The van der Waals surface area contributed by atoms with Crippen LogP contribution < -0.4 is 4.74 Å². The lowest BCUT2D eigenvalue weighted by Gasteiger charge is -2.54. The Bertz CT molecular complexity index is 658. The molecule has 0 atom stereocenters. The Balaban J connectivity index is 1.58. The van der Waals surface area contributed by atoms with Crippen molar-refractivity contribution < 1.29 is 4.74 Å². The summed E-state index contributed by atoms with van der Waals surface area (Å²) in [5.74, 6) is 5.91. The van der Waals surface area contributed by atoms with Crippen LogP contribution in [0.3, 0.4) is 0 Å². The Hall–Kier alpha value is -1.02. The first-order valence-electron chi connectivity index (χ1n) is 8.37. The molecular weight excluding hydrogens is 276 g/mol. The number of rotatable bonds is 2. The standard InChI is InChI=1S/C19H22OS/c1-20-15-2-3-16-17(10-21-18(16)9-15)19-13-5-11-4-12(7-13)8-14(19)6-11/h2-3,9-14,19H,4-8H2,1H3. The third-order valence-electron chi connectivity index (χ3n) is 6.40. The number of thiophene rings is 1. The summed E-state index contributed by atoms with van der Waals surface area (Å²) in [6.45, 7) is 0. The Morgan fingerprint density at radius 3 is 2.38 bits per heavy atom. The van der Waals surface area contributed by atoms with Gasteiger partial charge in [-0.25, -0.2) is 0 Å². The van der Waals surface area contributed by atoms with Crippen LogP contribution in [0.4, 0.5) is 0 Å². The normalized spacial score (nSPS) is 37.3. The molecule has 2 aromatic rings. The molecule has 4 fully saturated rings. The molecule has 0 radical (unpaired) electrons. The van der Waals surface area contributed by atoms with Gasteiger partial charge in [-0.3, -0.25) is 0 Å². The van der Waals surface area contributed by atoms with Gasteiger partial charge in [0.05, 0.1) is 7.11 Å². The van der Waals surface area contributed by atoms with Gasteiger partial charge in [-0.15, -0.1) is 11.3 Å². The molecule has 1 nitrogen and oxygen atoms in total. The smallest absolute Gasteiger partial charge is 0.120 e. The molecule has 4 aliphatic rings. The minimum atomic E-state index is 0.847. The van der Waals surface area contributed by atoms with Crippen molar-refractivity contribution in [3.63, 3.8) is 0 Å². The lowest BCUT2D eigenvalue weighted by atomic mass is 9.51. The molecule has 0 spiro atoms. The van der Waals surface area contributed by atoms with Crippen LogP contribution in [0.5, 0.6) is 5.75 Å². The predicted molar refractivity (Wildman–Crippen MR) is 88.2 cm³/mol. The highest BCUT2D eigenvalue weighted by molar-refractivity contribution is 7.17. The van der Waals surface area contributed by atoms with Gasteiger partial charge in [0.1, 0.15) is 5.75 Å². The number of methoxy groups -OCH3 is 1. The molecule has 1 heterocycles. The first kappa shape index (κ1) is 12.5.